The van der Waals surface area contributed by atoms with Crippen LogP contribution in [0.2, 0.25) is 0 Å². The number of hydrogen-bond donors (Lipinski definition) is 0. The Labute approximate surface area is 191 Å². The number of amides is 1. The molecule has 1 fully saturated rings. The number of ether oxygens (including phenoxy) is 1. The van der Waals surface area contributed by atoms with E-state index in [0.29, 0.717) is 6.54 Å². The first-order valence-corrected chi connectivity index (χ1v) is 11.0. The van der Waals surface area contributed by atoms with Crippen LogP contribution in [0.15, 0.2) is 60.2 Å². The van der Waals surface area contributed by atoms with Gasteiger partial charge < -0.3 is 9.64 Å². The molecule has 2 rings (SSSR count). The second kappa shape index (κ2) is 10.5. The molecule has 6 heteroatoms. The van der Waals surface area contributed by atoms with Crippen LogP contribution in [0, 0.1) is 10.8 Å². The number of benzene rings is 1. The third-order valence-corrected chi connectivity index (χ3v) is 5.17. The Kier molecular flexibility index (Phi) is 8.31. The predicted octanol–water partition coefficient (Wildman–Crippen LogP) is 4.95. The third-order valence-electron chi connectivity index (χ3n) is 5.17. The predicted molar refractivity (Wildman–Crippen MR) is 128 cm³/mol. The number of carbonyl (C=O) groups excluding carboxylic acids is 2. The van der Waals surface area contributed by atoms with Gasteiger partial charge in [-0.05, 0) is 62.1 Å². The molecule has 2 atom stereocenters. The quantitative estimate of drug-likeness (QED) is 0.249. The molecule has 1 aliphatic rings. The Morgan fingerprint density at radius 1 is 1.31 bits per heavy atom. The minimum absolute atomic E-state index is 0.0504. The fourth-order valence-corrected chi connectivity index (χ4v) is 3.55. The van der Waals surface area contributed by atoms with Crippen molar-refractivity contribution in [3.05, 3.63) is 70.7 Å². The lowest BCUT2D eigenvalue weighted by molar-refractivity contribution is -0.509. The molecule has 1 aromatic rings. The average molecular weight is 440 g/mol. The molecule has 0 bridgehead atoms. The van der Waals surface area contributed by atoms with Crippen LogP contribution in [0.4, 0.5) is 5.69 Å². The van der Waals surface area contributed by atoms with E-state index in [9.17, 15) is 14.5 Å². The van der Waals surface area contributed by atoms with Gasteiger partial charge in [0.2, 0.25) is 12.5 Å². The van der Waals surface area contributed by atoms with Crippen LogP contribution < -0.4 is 4.90 Å². The topological polar surface area (TPSA) is 66.7 Å². The lowest BCUT2D eigenvalue weighted by Crippen LogP contribution is -2.27. The molecule has 0 aromatic heterocycles. The molecule has 2 unspecified atom stereocenters. The van der Waals surface area contributed by atoms with Gasteiger partial charge in [-0.25, -0.2) is 0 Å². The van der Waals surface area contributed by atoms with Crippen molar-refractivity contribution >= 4 is 17.6 Å². The normalized spacial score (nSPS) is 18.4. The first-order valence-electron chi connectivity index (χ1n) is 11.0. The number of anilines is 1. The fraction of sp³-hybridized carbons (Fsp3) is 0.462. The van der Waals surface area contributed by atoms with Gasteiger partial charge in [0.25, 0.3) is 0 Å². The van der Waals surface area contributed by atoms with Gasteiger partial charge in [0, 0.05) is 22.7 Å². The Balaban J connectivity index is 2.13. The van der Waals surface area contributed by atoms with Gasteiger partial charge in [-0.2, -0.15) is 0 Å². The second-order valence-electron chi connectivity index (χ2n) is 9.24. The summed E-state index contributed by atoms with van der Waals surface area (Å²) in [5.74, 6) is -1.15. The first kappa shape index (κ1) is 25.2. The zero-order valence-corrected chi connectivity index (χ0v) is 20.1. The van der Waals surface area contributed by atoms with Crippen LogP contribution in [0.3, 0.4) is 0 Å². The lowest BCUT2D eigenvalue weighted by atomic mass is 10.0. The van der Waals surface area contributed by atoms with E-state index in [1.165, 1.54) is 7.05 Å². The van der Waals surface area contributed by atoms with Gasteiger partial charge in [0.15, 0.2) is 7.05 Å². The van der Waals surface area contributed by atoms with Gasteiger partial charge in [-0.15, -0.1) is 0 Å². The molecule has 0 radical (unpaired) electrons. The molecule has 1 amide bonds. The standard InChI is InChI=1S/C26H35N2O4/c1-8-9-20(17-27(7)31)10-15-23-18(2)16-28(24(23)29)22-13-11-21(12-14-22)19(3)25(30)32-26(4,5)6/h9-15,19,23H,2,8,16-17H2,1,3-7H3/q+1/b15-10?,20-9+. The summed E-state index contributed by atoms with van der Waals surface area (Å²) in [7, 11) is 1.48. The molecule has 1 saturated heterocycles. The summed E-state index contributed by atoms with van der Waals surface area (Å²) < 4.78 is 6.33. The molecular formula is C26H35N2O4+. The van der Waals surface area contributed by atoms with E-state index in [0.717, 1.165) is 33.6 Å². The van der Waals surface area contributed by atoms with E-state index in [1.54, 1.807) is 4.90 Å². The molecule has 0 spiro atoms. The van der Waals surface area contributed by atoms with Gasteiger partial charge >= 0.3 is 5.97 Å². The highest BCUT2D eigenvalue weighted by Crippen LogP contribution is 2.31. The first-order chi connectivity index (χ1) is 14.9. The number of carbonyl (C=O) groups is 2. The van der Waals surface area contributed by atoms with Crippen molar-refractivity contribution in [1.82, 2.24) is 0 Å². The van der Waals surface area contributed by atoms with E-state index < -0.39 is 17.4 Å². The van der Waals surface area contributed by atoms with Gasteiger partial charge in [-0.1, -0.05) is 43.9 Å². The number of rotatable bonds is 8. The lowest BCUT2D eigenvalue weighted by Gasteiger charge is -2.23. The molecule has 1 heterocycles. The third kappa shape index (κ3) is 6.74. The molecule has 0 saturated carbocycles. The summed E-state index contributed by atoms with van der Waals surface area (Å²) in [4.78, 5) is 38.5. The van der Waals surface area contributed by atoms with Crippen molar-refractivity contribution in [3.8, 4) is 0 Å². The van der Waals surface area contributed by atoms with Crippen LogP contribution in [-0.4, -0.2) is 42.4 Å². The van der Waals surface area contributed by atoms with Crippen molar-refractivity contribution in [2.24, 2.45) is 5.92 Å². The monoisotopic (exact) mass is 439 g/mol. The molecule has 0 N–H and O–H groups in total. The van der Waals surface area contributed by atoms with Gasteiger partial charge in [0.1, 0.15) is 5.60 Å². The number of allylic oxidation sites excluding steroid dienone is 1. The number of nitroso groups, excluding NO2 is 1. The summed E-state index contributed by atoms with van der Waals surface area (Å²) >= 11 is 0. The zero-order valence-electron chi connectivity index (χ0n) is 20.1. The number of nitrogens with zero attached hydrogens (tertiary/aromatic N) is 2. The highest BCUT2D eigenvalue weighted by Gasteiger charge is 2.34. The van der Waals surface area contributed by atoms with E-state index in [4.69, 9.17) is 4.74 Å². The van der Waals surface area contributed by atoms with Crippen molar-refractivity contribution in [2.75, 3.05) is 25.0 Å². The maximum absolute atomic E-state index is 13.0. The van der Waals surface area contributed by atoms with Crippen LogP contribution in [-0.2, 0) is 14.3 Å². The Hall–Kier alpha value is -3.02. The molecular weight excluding hydrogens is 404 g/mol. The van der Waals surface area contributed by atoms with Gasteiger partial charge in [0.05, 0.1) is 11.8 Å². The summed E-state index contributed by atoms with van der Waals surface area (Å²) in [6.07, 6.45) is 6.47. The Morgan fingerprint density at radius 3 is 2.47 bits per heavy atom. The van der Waals surface area contributed by atoms with Gasteiger partial charge in [-0.3, -0.25) is 9.59 Å². The number of hydrogen-bond acceptors (Lipinski definition) is 4. The van der Waals surface area contributed by atoms with Crippen molar-refractivity contribution in [3.63, 3.8) is 0 Å². The fourth-order valence-electron chi connectivity index (χ4n) is 3.55. The maximum atomic E-state index is 13.0. The van der Waals surface area contributed by atoms with Crippen molar-refractivity contribution in [1.29, 1.82) is 0 Å². The summed E-state index contributed by atoms with van der Waals surface area (Å²) in [5.41, 5.74) is 2.75. The summed E-state index contributed by atoms with van der Waals surface area (Å²) in [6, 6.07) is 7.41. The summed E-state index contributed by atoms with van der Waals surface area (Å²) in [6.45, 7) is 14.1. The Morgan fingerprint density at radius 2 is 1.94 bits per heavy atom. The number of esters is 1. The molecule has 0 aliphatic carbocycles. The maximum Gasteiger partial charge on any atom is 0.313 e. The molecule has 32 heavy (non-hydrogen) atoms. The zero-order chi connectivity index (χ0) is 24.1. The molecule has 1 aromatic carbocycles. The van der Waals surface area contributed by atoms with Crippen molar-refractivity contribution in [2.45, 2.75) is 52.6 Å². The van der Waals surface area contributed by atoms with Crippen LogP contribution in [0.1, 0.15) is 52.5 Å². The SMILES string of the molecule is C=C1CN(c2ccc(C(C)C(=O)OC(C)(C)C)cc2)C(=O)C1C=C/C(=C\CC)C[N+](C)=O. The second-order valence-corrected chi connectivity index (χ2v) is 9.24. The van der Waals surface area contributed by atoms with Crippen LogP contribution >= 0.6 is 0 Å². The van der Waals surface area contributed by atoms with E-state index in [1.807, 2.05) is 77.1 Å². The van der Waals surface area contributed by atoms with Crippen molar-refractivity contribution < 1.29 is 19.1 Å². The van der Waals surface area contributed by atoms with E-state index in [-0.39, 0.29) is 18.4 Å². The minimum atomic E-state index is -0.536. The largest absolute Gasteiger partial charge is 0.460 e. The average Bonchev–Trinajstić information content (AvgIpc) is 2.98. The van der Waals surface area contributed by atoms with E-state index in [2.05, 4.69) is 6.58 Å². The Bertz CT molecular complexity index is 936. The van der Waals surface area contributed by atoms with E-state index >= 15 is 0 Å². The van der Waals surface area contributed by atoms with Crippen LogP contribution in [0.25, 0.3) is 0 Å². The molecule has 1 aliphatic heterocycles. The summed E-state index contributed by atoms with van der Waals surface area (Å²) in [5, 5.41) is 0. The molecule has 172 valence electrons. The smallest absolute Gasteiger partial charge is 0.313 e. The molecule has 6 nitrogen and oxygen atoms in total. The minimum Gasteiger partial charge on any atom is -0.460 e. The van der Waals surface area contributed by atoms with Crippen LogP contribution in [0.5, 0.6) is 0 Å². The highest BCUT2D eigenvalue weighted by atomic mass is 16.6. The number of likely N-dealkylation sites (N-methyl/N-ethyl adjacent to an activating group) is 1. The highest BCUT2D eigenvalue weighted by molar-refractivity contribution is 6.01.